The fraction of sp³-hybridized carbons (Fsp3) is 0.0682. The average molecular weight is 769 g/mol. The van der Waals surface area contributed by atoms with Crippen LogP contribution in [-0.2, 0) is 11.4 Å². The molecule has 13 heteroatoms. The van der Waals surface area contributed by atoms with E-state index in [2.05, 4.69) is 10.8 Å². The van der Waals surface area contributed by atoms with Gasteiger partial charge in [0.15, 0.2) is 0 Å². The highest BCUT2D eigenvalue weighted by Gasteiger charge is 2.18. The number of carboxylic acids is 2. The zero-order chi connectivity index (χ0) is 40.4. The van der Waals surface area contributed by atoms with Gasteiger partial charge in [0.1, 0.15) is 60.4 Å². The van der Waals surface area contributed by atoms with Gasteiger partial charge in [-0.3, -0.25) is 15.1 Å². The number of benzene rings is 6. The summed E-state index contributed by atoms with van der Waals surface area (Å²) >= 11 is 0. The predicted octanol–water partition coefficient (Wildman–Crippen LogP) is 8.49. The van der Waals surface area contributed by atoms with Crippen molar-refractivity contribution >= 4 is 29.2 Å². The number of ether oxygens (including phenoxy) is 4. The number of aromatic carboxylic acids is 2. The van der Waals surface area contributed by atoms with Crippen LogP contribution < -0.4 is 29.7 Å². The second-order valence-corrected chi connectivity index (χ2v) is 11.7. The fourth-order valence-electron chi connectivity index (χ4n) is 5.01. The molecule has 6 aromatic rings. The second-order valence-electron chi connectivity index (χ2n) is 11.7. The van der Waals surface area contributed by atoms with Crippen LogP contribution in [0.4, 0.5) is 11.4 Å². The number of carbonyl (C=O) groups is 3. The van der Waals surface area contributed by atoms with E-state index >= 15 is 0 Å². The van der Waals surface area contributed by atoms with Crippen molar-refractivity contribution in [3.05, 3.63) is 168 Å². The van der Waals surface area contributed by atoms with Crippen molar-refractivity contribution in [3.63, 3.8) is 0 Å². The first kappa shape index (κ1) is 40.2. The fourth-order valence-corrected chi connectivity index (χ4v) is 5.01. The molecule has 1 amide bonds. The Morgan fingerprint density at radius 1 is 0.579 bits per heavy atom. The molecular formula is C44H36N2O11. The zero-order valence-electron chi connectivity index (χ0n) is 30.2. The molecule has 0 atom stereocenters. The molecule has 0 saturated heterocycles. The van der Waals surface area contributed by atoms with Gasteiger partial charge in [-0.2, -0.15) is 0 Å². The van der Waals surface area contributed by atoms with Gasteiger partial charge in [0.2, 0.25) is 0 Å². The molecule has 0 aliphatic carbocycles. The largest absolute Gasteiger partial charge is 0.508 e. The Balaban J connectivity index is 0.000000799. The van der Waals surface area contributed by atoms with E-state index in [4.69, 9.17) is 35.3 Å². The van der Waals surface area contributed by atoms with Crippen LogP contribution in [0.25, 0.3) is 0 Å². The average Bonchev–Trinajstić information content (AvgIpc) is 3.22. The summed E-state index contributed by atoms with van der Waals surface area (Å²) in [7, 11) is 0. The lowest BCUT2D eigenvalue weighted by Crippen LogP contribution is -2.16. The molecule has 57 heavy (non-hydrogen) atoms. The van der Waals surface area contributed by atoms with E-state index in [-0.39, 0.29) is 35.7 Å². The molecule has 0 bridgehead atoms. The van der Waals surface area contributed by atoms with Crippen LogP contribution in [0.5, 0.6) is 34.5 Å². The lowest BCUT2D eigenvalue weighted by atomic mass is 10.1. The molecule has 0 fully saturated rings. The number of anilines is 2. The number of aromatic hydroxyl groups is 1. The first-order valence-corrected chi connectivity index (χ1v) is 17.2. The van der Waals surface area contributed by atoms with E-state index in [9.17, 15) is 24.6 Å². The van der Waals surface area contributed by atoms with Gasteiger partial charge < -0.3 is 39.6 Å². The molecule has 288 valence electrons. The van der Waals surface area contributed by atoms with Crippen molar-refractivity contribution in [2.45, 2.75) is 6.61 Å². The van der Waals surface area contributed by atoms with Crippen molar-refractivity contribution in [1.82, 2.24) is 0 Å². The zero-order valence-corrected chi connectivity index (χ0v) is 30.2. The van der Waals surface area contributed by atoms with Crippen molar-refractivity contribution in [1.29, 1.82) is 0 Å². The first-order valence-electron chi connectivity index (χ1n) is 17.2. The Hall–Kier alpha value is -7.95. The number of nitrogens with one attached hydrogen (secondary N) is 2. The maximum absolute atomic E-state index is 12.8. The van der Waals surface area contributed by atoms with Gasteiger partial charge in [0.05, 0.1) is 22.4 Å². The van der Waals surface area contributed by atoms with Crippen LogP contribution in [0.3, 0.4) is 0 Å². The molecule has 0 heterocycles. The lowest BCUT2D eigenvalue weighted by molar-refractivity contribution is 0.0682. The van der Waals surface area contributed by atoms with Gasteiger partial charge in [-0.25, -0.2) is 9.59 Å². The Morgan fingerprint density at radius 3 is 1.70 bits per heavy atom. The summed E-state index contributed by atoms with van der Waals surface area (Å²) in [4.78, 5) is 41.8. The molecule has 13 nitrogen and oxygen atoms in total. The number of carboxylic acid groups (broad SMARTS) is 2. The molecule has 0 unspecified atom stereocenters. The third kappa shape index (κ3) is 12.6. The third-order valence-electron chi connectivity index (χ3n) is 7.69. The molecule has 0 aliphatic heterocycles. The molecule has 0 aliphatic rings. The minimum atomic E-state index is -1.27. The van der Waals surface area contributed by atoms with Crippen molar-refractivity contribution < 1.29 is 53.5 Å². The van der Waals surface area contributed by atoms with Crippen LogP contribution in [0, 0.1) is 12.5 Å². The molecular weight excluding hydrogens is 732 g/mol. The van der Waals surface area contributed by atoms with Crippen molar-refractivity contribution in [2.24, 2.45) is 0 Å². The first-order chi connectivity index (χ1) is 27.7. The number of hydrogen-bond acceptors (Lipinski definition) is 10. The summed E-state index contributed by atoms with van der Waals surface area (Å²) in [6, 6.07) is 39.9. The van der Waals surface area contributed by atoms with Gasteiger partial charge in [-0.1, -0.05) is 42.8 Å². The highest BCUT2D eigenvalue weighted by atomic mass is 16.6. The van der Waals surface area contributed by atoms with E-state index in [1.54, 1.807) is 84.9 Å². The molecule has 5 N–H and O–H groups in total. The smallest absolute Gasteiger partial charge is 0.336 e. The number of rotatable bonds is 16. The topological polar surface area (TPSA) is 182 Å². The number of para-hydroxylation sites is 2. The second kappa shape index (κ2) is 20.5. The van der Waals surface area contributed by atoms with Crippen LogP contribution in [0.15, 0.2) is 146 Å². The van der Waals surface area contributed by atoms with Crippen LogP contribution in [-0.4, -0.2) is 46.4 Å². The summed E-state index contributed by atoms with van der Waals surface area (Å²) in [5, 5.41) is 30.4. The lowest BCUT2D eigenvalue weighted by Gasteiger charge is -2.13. The normalized spacial score (nSPS) is 10.1. The summed E-state index contributed by atoms with van der Waals surface area (Å²) in [5.74, 6) is -0.346. The van der Waals surface area contributed by atoms with Gasteiger partial charge in [0, 0.05) is 5.69 Å². The van der Waals surface area contributed by atoms with Gasteiger partial charge in [0.25, 0.3) is 5.91 Å². The highest BCUT2D eigenvalue weighted by Crippen LogP contribution is 2.26. The molecule has 0 saturated carbocycles. The van der Waals surface area contributed by atoms with E-state index < -0.39 is 17.8 Å². The third-order valence-corrected chi connectivity index (χ3v) is 7.69. The van der Waals surface area contributed by atoms with Crippen molar-refractivity contribution in [2.75, 3.05) is 24.0 Å². The maximum atomic E-state index is 12.8. The number of terminal acetylenes is 1. The number of hydrogen-bond donors (Lipinski definition) is 5. The van der Waals surface area contributed by atoms with Gasteiger partial charge in [-0.05, 0) is 115 Å². The van der Waals surface area contributed by atoms with E-state index in [0.717, 1.165) is 5.75 Å². The predicted molar refractivity (Wildman–Crippen MR) is 211 cm³/mol. The SMILES string of the molecule is C#COc1ccc(C(=O)O)c(C(=O)Nc2ccc(Oc3ccc(NOCc4cc(OCCOc5ccccc5)ccc4C(=O)O)cc3)cc2)c1.Oc1ccccc1. The summed E-state index contributed by atoms with van der Waals surface area (Å²) in [6.07, 6.45) is 7.12. The minimum absolute atomic E-state index is 0.0533. The van der Waals surface area contributed by atoms with Crippen LogP contribution in [0.2, 0.25) is 0 Å². The highest BCUT2D eigenvalue weighted by molar-refractivity contribution is 6.11. The van der Waals surface area contributed by atoms with Gasteiger partial charge in [-0.15, -0.1) is 0 Å². The van der Waals surface area contributed by atoms with Crippen LogP contribution >= 0.6 is 0 Å². The Morgan fingerprint density at radius 2 is 1.12 bits per heavy atom. The monoisotopic (exact) mass is 768 g/mol. The Kier molecular flexibility index (Phi) is 14.5. The van der Waals surface area contributed by atoms with E-state index in [0.29, 0.717) is 46.5 Å². The summed E-state index contributed by atoms with van der Waals surface area (Å²) in [6.45, 7) is 0.532. The van der Waals surface area contributed by atoms with Crippen LogP contribution in [0.1, 0.15) is 36.6 Å². The molecule has 0 spiro atoms. The molecule has 0 aromatic heterocycles. The maximum Gasteiger partial charge on any atom is 0.336 e. The number of phenols is 1. The summed E-state index contributed by atoms with van der Waals surface area (Å²) in [5.41, 5.74) is 3.97. The number of carbonyl (C=O) groups excluding carboxylic acids is 1. The van der Waals surface area contributed by atoms with Gasteiger partial charge >= 0.3 is 11.9 Å². The minimum Gasteiger partial charge on any atom is -0.508 e. The Bertz CT molecular complexity index is 2290. The summed E-state index contributed by atoms with van der Waals surface area (Å²) < 4.78 is 22.2. The Labute approximate surface area is 327 Å². The number of amides is 1. The van der Waals surface area contributed by atoms with E-state index in [1.165, 1.54) is 24.3 Å². The molecule has 6 rings (SSSR count). The molecule has 6 aromatic carbocycles. The van der Waals surface area contributed by atoms with Crippen molar-refractivity contribution in [3.8, 4) is 47.0 Å². The van der Waals surface area contributed by atoms with E-state index in [1.807, 2.05) is 42.5 Å². The standard InChI is InChI=1S/C38H30N2O10.C6H6O/c1-2-46-32-17-19-34(38(44)45)35(23-32)36(41)39-26-8-12-29(13-9-26)50-30-14-10-27(11-15-30)40-49-24-25-22-31(16-18-33(25)37(42)43)48-21-20-47-28-6-4-3-5-7-28;7-6-4-2-1-3-5-6/h1,3-19,22-23,40H,20-21,24H2,(H,39,41)(H,42,43)(H,44,45);1-5,7H. The quantitative estimate of drug-likeness (QED) is 0.0360. The molecule has 0 radical (unpaired) electrons. The number of phenolic OH excluding ortho intramolecular Hbond substituents is 1.